The average Bonchev–Trinajstić information content (AvgIpc) is 2.61. The van der Waals surface area contributed by atoms with Crippen molar-refractivity contribution in [3.8, 4) is 0 Å². The molecular weight excluding hydrogens is 427 g/mol. The zero-order valence-corrected chi connectivity index (χ0v) is 15.8. The molecule has 0 aromatic heterocycles. The first kappa shape index (κ1) is 19.9. The maximum Gasteiger partial charge on any atom is 0.426 e. The molecule has 0 aliphatic carbocycles. The van der Waals surface area contributed by atoms with Crippen molar-refractivity contribution in [2.45, 2.75) is 6.42 Å². The summed E-state index contributed by atoms with van der Waals surface area (Å²) in [5.41, 5.74) is 5.78. The molecule has 2 aromatic rings. The molecule has 2 N–H and O–H groups in total. The number of halogens is 3. The molecule has 2 amide bonds. The second-order valence-corrected chi connectivity index (χ2v) is 6.45. The van der Waals surface area contributed by atoms with Crippen LogP contribution in [0.3, 0.4) is 0 Å². The third-order valence-corrected chi connectivity index (χ3v) is 4.06. The summed E-state index contributed by atoms with van der Waals surface area (Å²) in [4.78, 5) is 23.2. The van der Waals surface area contributed by atoms with Gasteiger partial charge in [0.2, 0.25) is 0 Å². The third-order valence-electron chi connectivity index (χ3n) is 3.20. The number of ether oxygens (including phenoxy) is 1. The van der Waals surface area contributed by atoms with Crippen LogP contribution in [0, 0.1) is 5.82 Å². The molecule has 0 radical (unpaired) electrons. The Kier molecular flexibility index (Phi) is 7.62. The molecular formula is C18H15BrClFN2O3. The molecule has 26 heavy (non-hydrogen) atoms. The molecule has 0 fully saturated rings. The number of hydrogen-bond donors (Lipinski definition) is 2. The van der Waals surface area contributed by atoms with Crippen LogP contribution in [0.5, 0.6) is 0 Å². The van der Waals surface area contributed by atoms with Gasteiger partial charge in [0.05, 0.1) is 11.6 Å². The lowest BCUT2D eigenvalue weighted by Crippen LogP contribution is -2.41. The van der Waals surface area contributed by atoms with E-state index in [-0.39, 0.29) is 11.6 Å². The number of amides is 2. The average molecular weight is 442 g/mol. The number of benzene rings is 2. The highest BCUT2D eigenvalue weighted by atomic mass is 79.9. The zero-order valence-electron chi connectivity index (χ0n) is 13.5. The molecule has 136 valence electrons. The highest BCUT2D eigenvalue weighted by Crippen LogP contribution is 2.18. The highest BCUT2D eigenvalue weighted by molar-refractivity contribution is 9.10. The van der Waals surface area contributed by atoms with Gasteiger partial charge in [0.1, 0.15) is 5.82 Å². The van der Waals surface area contributed by atoms with E-state index in [9.17, 15) is 14.0 Å². The van der Waals surface area contributed by atoms with Crippen LogP contribution < -0.4 is 10.9 Å². The Morgan fingerprint density at radius 2 is 1.88 bits per heavy atom. The number of carbonyl (C=O) groups is 2. The maximum absolute atomic E-state index is 12.9. The summed E-state index contributed by atoms with van der Waals surface area (Å²) in [6.45, 7) is 0.171. The second-order valence-electron chi connectivity index (χ2n) is 5.13. The molecule has 0 atom stereocenters. The molecule has 0 aliphatic rings. The molecule has 5 nitrogen and oxygen atoms in total. The topological polar surface area (TPSA) is 67.4 Å². The second kappa shape index (κ2) is 9.94. The van der Waals surface area contributed by atoms with Gasteiger partial charge in [-0.05, 0) is 41.5 Å². The number of hydrogen-bond acceptors (Lipinski definition) is 3. The summed E-state index contributed by atoms with van der Waals surface area (Å²) >= 11 is 9.18. The van der Waals surface area contributed by atoms with Crippen molar-refractivity contribution in [2.24, 2.45) is 0 Å². The lowest BCUT2D eigenvalue weighted by molar-refractivity contribution is -0.117. The quantitative estimate of drug-likeness (QED) is 0.538. The van der Waals surface area contributed by atoms with Gasteiger partial charge in [-0.1, -0.05) is 45.7 Å². The van der Waals surface area contributed by atoms with Crippen LogP contribution in [0.2, 0.25) is 5.02 Å². The van der Waals surface area contributed by atoms with Crippen molar-refractivity contribution in [3.05, 3.63) is 75.0 Å². The Balaban J connectivity index is 1.70. The SMILES string of the molecule is O=C(/C=C/c1ccc(F)cc1Cl)NNC(=O)OCCc1ccc(Br)cc1. The lowest BCUT2D eigenvalue weighted by atomic mass is 10.2. The molecule has 2 rings (SSSR count). The normalized spacial score (nSPS) is 10.6. The van der Waals surface area contributed by atoms with E-state index in [0.717, 1.165) is 22.2 Å². The number of carbonyl (C=O) groups excluding carboxylic acids is 2. The van der Waals surface area contributed by atoms with E-state index >= 15 is 0 Å². The van der Waals surface area contributed by atoms with Crippen molar-refractivity contribution >= 4 is 45.6 Å². The van der Waals surface area contributed by atoms with Crippen molar-refractivity contribution in [3.63, 3.8) is 0 Å². The predicted molar refractivity (Wildman–Crippen MR) is 101 cm³/mol. The molecule has 0 aliphatic heterocycles. The third kappa shape index (κ3) is 6.85. The Morgan fingerprint density at radius 1 is 1.15 bits per heavy atom. The van der Waals surface area contributed by atoms with Gasteiger partial charge in [-0.15, -0.1) is 0 Å². The van der Waals surface area contributed by atoms with Crippen molar-refractivity contribution in [1.82, 2.24) is 10.9 Å². The van der Waals surface area contributed by atoms with Gasteiger partial charge in [0, 0.05) is 17.0 Å². The minimum Gasteiger partial charge on any atom is -0.448 e. The summed E-state index contributed by atoms with van der Waals surface area (Å²) < 4.78 is 18.9. The first-order valence-corrected chi connectivity index (χ1v) is 8.71. The summed E-state index contributed by atoms with van der Waals surface area (Å²) in [5, 5.41) is 0.175. The molecule has 0 bridgehead atoms. The van der Waals surface area contributed by atoms with Crippen LogP contribution in [-0.4, -0.2) is 18.6 Å². The number of nitrogens with one attached hydrogen (secondary N) is 2. The monoisotopic (exact) mass is 440 g/mol. The van der Waals surface area contributed by atoms with Crippen LogP contribution in [-0.2, 0) is 16.0 Å². The lowest BCUT2D eigenvalue weighted by Gasteiger charge is -2.07. The van der Waals surface area contributed by atoms with E-state index in [4.69, 9.17) is 16.3 Å². The molecule has 0 unspecified atom stereocenters. The maximum atomic E-state index is 12.9. The molecule has 0 spiro atoms. The number of rotatable bonds is 5. The van der Waals surface area contributed by atoms with E-state index in [1.54, 1.807) is 0 Å². The largest absolute Gasteiger partial charge is 0.448 e. The predicted octanol–water partition coefficient (Wildman–Crippen LogP) is 4.25. The Bertz CT molecular complexity index is 813. The highest BCUT2D eigenvalue weighted by Gasteiger charge is 2.04. The van der Waals surface area contributed by atoms with Gasteiger partial charge in [0.15, 0.2) is 0 Å². The van der Waals surface area contributed by atoms with Gasteiger partial charge in [-0.2, -0.15) is 0 Å². The first-order chi connectivity index (χ1) is 12.4. The minimum atomic E-state index is -0.774. The van der Waals surface area contributed by atoms with Gasteiger partial charge in [0.25, 0.3) is 5.91 Å². The summed E-state index contributed by atoms with van der Waals surface area (Å²) in [7, 11) is 0. The van der Waals surface area contributed by atoms with Gasteiger partial charge in [-0.3, -0.25) is 10.2 Å². The van der Waals surface area contributed by atoms with Crippen molar-refractivity contribution in [2.75, 3.05) is 6.61 Å². The summed E-state index contributed by atoms with van der Waals surface area (Å²) in [5.74, 6) is -1.06. The Hall–Kier alpha value is -2.38. The van der Waals surface area contributed by atoms with Crippen molar-refractivity contribution < 1.29 is 18.7 Å². The summed E-state index contributed by atoms with van der Waals surface area (Å²) in [6.07, 6.45) is 2.33. The molecule has 8 heteroatoms. The van der Waals surface area contributed by atoms with Crippen molar-refractivity contribution in [1.29, 1.82) is 0 Å². The van der Waals surface area contributed by atoms with Gasteiger partial charge >= 0.3 is 6.09 Å². The van der Waals surface area contributed by atoms with E-state index in [1.165, 1.54) is 18.2 Å². The standard InChI is InChI=1S/C18H15BrClFN2O3/c19-14-5-1-12(2-6-14)9-10-26-18(25)23-22-17(24)8-4-13-3-7-15(21)11-16(13)20/h1-8,11H,9-10H2,(H,22,24)(H,23,25)/b8-4+. The smallest absolute Gasteiger partial charge is 0.426 e. The summed E-state index contributed by atoms with van der Waals surface area (Å²) in [6, 6.07) is 11.4. The van der Waals surface area contributed by atoms with E-state index in [2.05, 4.69) is 26.8 Å². The number of hydrazine groups is 1. The Labute approximate surface area is 163 Å². The molecule has 0 heterocycles. The van der Waals surface area contributed by atoms with E-state index in [1.807, 2.05) is 24.3 Å². The van der Waals surface area contributed by atoms with E-state index < -0.39 is 17.8 Å². The van der Waals surface area contributed by atoms with E-state index in [0.29, 0.717) is 12.0 Å². The van der Waals surface area contributed by atoms with Crippen LogP contribution in [0.1, 0.15) is 11.1 Å². The molecule has 0 saturated heterocycles. The molecule has 2 aromatic carbocycles. The fraction of sp³-hybridized carbons (Fsp3) is 0.111. The van der Waals surface area contributed by atoms with Gasteiger partial charge in [-0.25, -0.2) is 14.6 Å². The van der Waals surface area contributed by atoms with Crippen LogP contribution in [0.15, 0.2) is 53.0 Å². The van der Waals surface area contributed by atoms with Crippen LogP contribution >= 0.6 is 27.5 Å². The molecule has 0 saturated carbocycles. The zero-order chi connectivity index (χ0) is 18.9. The fourth-order valence-electron chi connectivity index (χ4n) is 1.91. The Morgan fingerprint density at radius 3 is 2.58 bits per heavy atom. The van der Waals surface area contributed by atoms with Crippen LogP contribution in [0.25, 0.3) is 6.08 Å². The first-order valence-electron chi connectivity index (χ1n) is 7.54. The fourth-order valence-corrected chi connectivity index (χ4v) is 2.40. The van der Waals surface area contributed by atoms with Crippen LogP contribution in [0.4, 0.5) is 9.18 Å². The van der Waals surface area contributed by atoms with Gasteiger partial charge < -0.3 is 4.74 Å². The minimum absolute atomic E-state index is 0.171.